The molecule has 1 fully saturated rings. The summed E-state index contributed by atoms with van der Waals surface area (Å²) in [6, 6.07) is 2.49. The molecule has 19 heavy (non-hydrogen) atoms. The van der Waals surface area contributed by atoms with E-state index in [9.17, 15) is 0 Å². The van der Waals surface area contributed by atoms with Crippen LogP contribution in [0.1, 0.15) is 31.8 Å². The van der Waals surface area contributed by atoms with Gasteiger partial charge in [0.2, 0.25) is 0 Å². The highest BCUT2D eigenvalue weighted by Gasteiger charge is 2.26. The minimum Gasteiger partial charge on any atom is -0.384 e. The zero-order valence-corrected chi connectivity index (χ0v) is 12.3. The molecule has 1 aromatic rings. The van der Waals surface area contributed by atoms with Gasteiger partial charge in [-0.25, -0.2) is 9.97 Å². The first-order valence-electron chi connectivity index (χ1n) is 7.18. The highest BCUT2D eigenvalue weighted by molar-refractivity contribution is 5.29. The Morgan fingerprint density at radius 3 is 2.74 bits per heavy atom. The number of likely N-dealkylation sites (tertiary alicyclic amines) is 1. The van der Waals surface area contributed by atoms with Crippen molar-refractivity contribution < 1.29 is 0 Å². The number of likely N-dealkylation sites (N-methyl/N-ethyl adjacent to an activating group) is 1. The van der Waals surface area contributed by atoms with Crippen molar-refractivity contribution >= 4 is 5.82 Å². The van der Waals surface area contributed by atoms with Crippen molar-refractivity contribution in [1.82, 2.24) is 19.8 Å². The van der Waals surface area contributed by atoms with Gasteiger partial charge in [-0.2, -0.15) is 0 Å². The number of aryl methyl sites for hydroxylation is 1. The fourth-order valence-electron chi connectivity index (χ4n) is 2.92. The van der Waals surface area contributed by atoms with E-state index >= 15 is 0 Å². The number of nitrogen functional groups attached to an aromatic ring is 1. The molecule has 0 aromatic carbocycles. The molecule has 0 radical (unpaired) electrons. The summed E-state index contributed by atoms with van der Waals surface area (Å²) < 4.78 is 0. The van der Waals surface area contributed by atoms with Crippen molar-refractivity contribution in [3.05, 3.63) is 17.6 Å². The molecule has 0 spiro atoms. The van der Waals surface area contributed by atoms with Crippen molar-refractivity contribution in [1.29, 1.82) is 0 Å². The van der Waals surface area contributed by atoms with Crippen molar-refractivity contribution in [3.63, 3.8) is 0 Å². The van der Waals surface area contributed by atoms with E-state index in [0.29, 0.717) is 11.9 Å². The molecule has 0 aliphatic carbocycles. The van der Waals surface area contributed by atoms with Crippen molar-refractivity contribution in [2.24, 2.45) is 0 Å². The second kappa shape index (κ2) is 6.30. The van der Waals surface area contributed by atoms with Crippen molar-refractivity contribution in [3.8, 4) is 0 Å². The molecule has 2 rings (SSSR count). The second-order valence-corrected chi connectivity index (χ2v) is 5.25. The lowest BCUT2D eigenvalue weighted by Gasteiger charge is -2.26. The molecule has 5 nitrogen and oxygen atoms in total. The fourth-order valence-corrected chi connectivity index (χ4v) is 2.92. The van der Waals surface area contributed by atoms with Crippen LogP contribution in [0.3, 0.4) is 0 Å². The number of aromatic nitrogens is 2. The zero-order valence-electron chi connectivity index (χ0n) is 12.3. The Kier molecular flexibility index (Phi) is 4.71. The Hall–Kier alpha value is -1.20. The third-order valence-corrected chi connectivity index (χ3v) is 3.86. The van der Waals surface area contributed by atoms with E-state index in [4.69, 9.17) is 5.73 Å². The predicted molar refractivity (Wildman–Crippen MR) is 77.8 cm³/mol. The van der Waals surface area contributed by atoms with Crippen molar-refractivity contribution in [2.45, 2.75) is 39.8 Å². The van der Waals surface area contributed by atoms with Gasteiger partial charge < -0.3 is 5.73 Å². The number of anilines is 1. The largest absolute Gasteiger partial charge is 0.384 e. The van der Waals surface area contributed by atoms with Crippen LogP contribution in [-0.4, -0.2) is 52.0 Å². The number of hydrogen-bond acceptors (Lipinski definition) is 5. The molecule has 0 amide bonds. The normalized spacial score (nSPS) is 20.3. The van der Waals surface area contributed by atoms with Gasteiger partial charge >= 0.3 is 0 Å². The van der Waals surface area contributed by atoms with Gasteiger partial charge in [0.25, 0.3) is 0 Å². The third-order valence-electron chi connectivity index (χ3n) is 3.86. The Balaban J connectivity index is 1.94. The monoisotopic (exact) mass is 263 g/mol. The van der Waals surface area contributed by atoms with Crippen LogP contribution in [0, 0.1) is 6.92 Å². The molecule has 1 unspecified atom stereocenters. The molecule has 0 saturated carbocycles. The summed E-state index contributed by atoms with van der Waals surface area (Å²) in [6.07, 6.45) is 1.24. The molecule has 5 heteroatoms. The van der Waals surface area contributed by atoms with Crippen LogP contribution in [0.25, 0.3) is 0 Å². The number of hydrogen-bond donors (Lipinski definition) is 1. The van der Waals surface area contributed by atoms with Crippen LogP contribution in [0.2, 0.25) is 0 Å². The van der Waals surface area contributed by atoms with Crippen LogP contribution in [0.4, 0.5) is 5.82 Å². The molecule has 1 aliphatic heterocycles. The first-order valence-corrected chi connectivity index (χ1v) is 7.18. The topological polar surface area (TPSA) is 58.3 Å². The lowest BCUT2D eigenvalue weighted by atomic mass is 10.2. The van der Waals surface area contributed by atoms with E-state index < -0.39 is 0 Å². The van der Waals surface area contributed by atoms with Crippen LogP contribution in [0.15, 0.2) is 6.07 Å². The average Bonchev–Trinajstić information content (AvgIpc) is 2.78. The summed E-state index contributed by atoms with van der Waals surface area (Å²) in [4.78, 5) is 13.7. The molecule has 1 aliphatic rings. The number of nitrogens with zero attached hydrogens (tertiary/aromatic N) is 4. The highest BCUT2D eigenvalue weighted by atomic mass is 15.3. The summed E-state index contributed by atoms with van der Waals surface area (Å²) in [5.74, 6) is 1.42. The highest BCUT2D eigenvalue weighted by Crippen LogP contribution is 2.17. The molecule has 1 atom stereocenters. The molecule has 2 heterocycles. The first-order chi connectivity index (χ1) is 9.12. The molecule has 106 valence electrons. The number of rotatable bonds is 5. The summed E-state index contributed by atoms with van der Waals surface area (Å²) >= 11 is 0. The van der Waals surface area contributed by atoms with Gasteiger partial charge in [-0.15, -0.1) is 0 Å². The molecular formula is C14H25N5. The van der Waals surface area contributed by atoms with Crippen LogP contribution in [-0.2, 0) is 6.54 Å². The van der Waals surface area contributed by atoms with E-state index in [2.05, 4.69) is 33.6 Å². The lowest BCUT2D eigenvalue weighted by molar-refractivity contribution is 0.208. The molecular weight excluding hydrogens is 238 g/mol. The molecule has 1 saturated heterocycles. The molecule has 1 aromatic heterocycles. The van der Waals surface area contributed by atoms with Crippen molar-refractivity contribution in [2.75, 3.05) is 31.9 Å². The van der Waals surface area contributed by atoms with E-state index in [1.807, 2.05) is 13.0 Å². The van der Waals surface area contributed by atoms with E-state index in [1.54, 1.807) is 0 Å². The summed E-state index contributed by atoms with van der Waals surface area (Å²) in [6.45, 7) is 11.7. The standard InChI is InChI=1S/C14H25N5/c1-4-19(5-2)12-6-7-18(9-12)10-14-16-11(3)8-13(15)17-14/h8,12H,4-7,9-10H2,1-3H3,(H2,15,16,17). The smallest absolute Gasteiger partial charge is 0.144 e. The molecule has 2 N–H and O–H groups in total. The minimum absolute atomic E-state index is 0.571. The van der Waals surface area contributed by atoms with Gasteiger partial charge in [-0.1, -0.05) is 13.8 Å². The zero-order chi connectivity index (χ0) is 13.8. The van der Waals surface area contributed by atoms with E-state index in [1.165, 1.54) is 6.42 Å². The van der Waals surface area contributed by atoms with Crippen LogP contribution < -0.4 is 5.73 Å². The lowest BCUT2D eigenvalue weighted by Crippen LogP contribution is -2.37. The summed E-state index contributed by atoms with van der Waals surface area (Å²) in [5.41, 5.74) is 6.72. The first kappa shape index (κ1) is 14.2. The van der Waals surface area contributed by atoms with Crippen LogP contribution in [0.5, 0.6) is 0 Å². The van der Waals surface area contributed by atoms with E-state index in [-0.39, 0.29) is 0 Å². The quantitative estimate of drug-likeness (QED) is 0.867. The fraction of sp³-hybridized carbons (Fsp3) is 0.714. The Bertz CT molecular complexity index is 396. The predicted octanol–water partition coefficient (Wildman–Crippen LogP) is 1.28. The van der Waals surface area contributed by atoms with Gasteiger partial charge in [0.15, 0.2) is 0 Å². The van der Waals surface area contributed by atoms with Gasteiger partial charge in [-0.05, 0) is 26.4 Å². The summed E-state index contributed by atoms with van der Waals surface area (Å²) in [7, 11) is 0. The Labute approximate surface area is 115 Å². The molecule has 0 bridgehead atoms. The Morgan fingerprint density at radius 1 is 1.37 bits per heavy atom. The minimum atomic E-state index is 0.571. The third kappa shape index (κ3) is 3.64. The van der Waals surface area contributed by atoms with Crippen LogP contribution >= 0.6 is 0 Å². The second-order valence-electron chi connectivity index (χ2n) is 5.25. The SMILES string of the molecule is CCN(CC)C1CCN(Cc2nc(C)cc(N)n2)C1. The maximum absolute atomic E-state index is 5.77. The maximum atomic E-state index is 5.77. The van der Waals surface area contributed by atoms with Gasteiger partial charge in [-0.3, -0.25) is 9.80 Å². The van der Waals surface area contributed by atoms with Gasteiger partial charge in [0.05, 0.1) is 6.54 Å². The maximum Gasteiger partial charge on any atom is 0.144 e. The Morgan fingerprint density at radius 2 is 2.11 bits per heavy atom. The van der Waals surface area contributed by atoms with E-state index in [0.717, 1.165) is 44.2 Å². The summed E-state index contributed by atoms with van der Waals surface area (Å²) in [5, 5.41) is 0. The number of nitrogens with two attached hydrogens (primary N) is 1. The average molecular weight is 263 g/mol. The van der Waals surface area contributed by atoms with Gasteiger partial charge in [0, 0.05) is 30.9 Å². The van der Waals surface area contributed by atoms with Gasteiger partial charge in [0.1, 0.15) is 11.6 Å².